The van der Waals surface area contributed by atoms with Gasteiger partial charge in [0.25, 0.3) is 10.1 Å². The fourth-order valence-electron chi connectivity index (χ4n) is 2.02. The molecule has 1 aliphatic heterocycles. The van der Waals surface area contributed by atoms with Crippen LogP contribution in [0.25, 0.3) is 0 Å². The van der Waals surface area contributed by atoms with Gasteiger partial charge in [0.05, 0.1) is 31.5 Å². The summed E-state index contributed by atoms with van der Waals surface area (Å²) in [7, 11) is -3.46. The van der Waals surface area contributed by atoms with E-state index in [1.54, 1.807) is 0 Å². The third-order valence-corrected chi connectivity index (χ3v) is 3.28. The van der Waals surface area contributed by atoms with Crippen molar-refractivity contribution in [2.24, 2.45) is 0 Å². The van der Waals surface area contributed by atoms with Gasteiger partial charge in [-0.15, -0.1) is 0 Å². The fraction of sp³-hybridized carbons (Fsp3) is 0.923. The first-order chi connectivity index (χ1) is 9.05. The zero-order valence-corrected chi connectivity index (χ0v) is 13.4. The average molecular weight is 308 g/mol. The Morgan fingerprint density at radius 3 is 2.40 bits per heavy atom. The number of hydrogen-bond acceptors (Lipinski definition) is 6. The van der Waals surface area contributed by atoms with E-state index in [4.69, 9.17) is 13.7 Å². The molecule has 0 aliphatic carbocycles. The van der Waals surface area contributed by atoms with Gasteiger partial charge < -0.3 is 9.47 Å². The van der Waals surface area contributed by atoms with Crippen molar-refractivity contribution in [3.05, 3.63) is 0 Å². The second kappa shape index (κ2) is 6.87. The van der Waals surface area contributed by atoms with Gasteiger partial charge in [-0.2, -0.15) is 8.42 Å². The van der Waals surface area contributed by atoms with Crippen LogP contribution in [-0.2, 0) is 28.6 Å². The molecule has 20 heavy (non-hydrogen) atoms. The fourth-order valence-corrected chi connectivity index (χ4v) is 2.42. The van der Waals surface area contributed by atoms with Crippen molar-refractivity contribution in [2.75, 3.05) is 12.9 Å². The molecule has 118 valence electrons. The Kier molecular flexibility index (Phi) is 5.97. The highest BCUT2D eigenvalue weighted by atomic mass is 32.2. The van der Waals surface area contributed by atoms with Crippen LogP contribution in [-0.4, -0.2) is 45.1 Å². The van der Waals surface area contributed by atoms with E-state index in [-0.39, 0.29) is 31.2 Å². The van der Waals surface area contributed by atoms with Gasteiger partial charge >= 0.3 is 5.97 Å². The average Bonchev–Trinajstić information content (AvgIpc) is 2.23. The molecule has 0 N–H and O–H groups in total. The van der Waals surface area contributed by atoms with Gasteiger partial charge in [-0.05, 0) is 40.0 Å². The first-order valence-electron chi connectivity index (χ1n) is 6.77. The summed E-state index contributed by atoms with van der Waals surface area (Å²) in [6.07, 6.45) is 3.07. The molecule has 0 amide bonds. The topological polar surface area (TPSA) is 78.9 Å². The number of esters is 1. The Hall–Kier alpha value is -0.660. The minimum absolute atomic E-state index is 0.00362. The summed E-state index contributed by atoms with van der Waals surface area (Å²) in [4.78, 5) is 11.7. The lowest BCUT2D eigenvalue weighted by Gasteiger charge is -2.30. The molecule has 1 aliphatic rings. The highest BCUT2D eigenvalue weighted by Gasteiger charge is 2.27. The summed E-state index contributed by atoms with van der Waals surface area (Å²) >= 11 is 0. The molecule has 1 fully saturated rings. The van der Waals surface area contributed by atoms with Crippen LogP contribution >= 0.6 is 0 Å². The van der Waals surface area contributed by atoms with E-state index in [2.05, 4.69) is 0 Å². The molecular weight excluding hydrogens is 284 g/mol. The number of carbonyl (C=O) groups excluding carboxylic acids is 1. The predicted octanol–water partition coefficient (Wildman–Crippen LogP) is 1.63. The summed E-state index contributed by atoms with van der Waals surface area (Å²) in [6.45, 7) is 5.45. The van der Waals surface area contributed by atoms with E-state index in [0.29, 0.717) is 0 Å². The van der Waals surface area contributed by atoms with Gasteiger partial charge in [-0.1, -0.05) is 0 Å². The maximum absolute atomic E-state index is 11.7. The molecule has 0 radical (unpaired) electrons. The number of ether oxygens (including phenoxy) is 2. The van der Waals surface area contributed by atoms with Crippen LogP contribution in [0, 0.1) is 0 Å². The molecular formula is C13H24O6S. The number of carbonyl (C=O) groups is 1. The molecule has 7 heteroatoms. The van der Waals surface area contributed by atoms with Crippen LogP contribution in [0.4, 0.5) is 0 Å². The quantitative estimate of drug-likeness (QED) is 0.567. The Balaban J connectivity index is 2.39. The van der Waals surface area contributed by atoms with Crippen LogP contribution in [0.2, 0.25) is 0 Å². The van der Waals surface area contributed by atoms with E-state index < -0.39 is 15.7 Å². The van der Waals surface area contributed by atoms with Gasteiger partial charge in [0, 0.05) is 0 Å². The number of hydrogen-bond donors (Lipinski definition) is 0. The van der Waals surface area contributed by atoms with Crippen LogP contribution in [0.1, 0.15) is 46.5 Å². The lowest BCUT2D eigenvalue weighted by molar-refractivity contribution is -0.161. The van der Waals surface area contributed by atoms with E-state index >= 15 is 0 Å². The van der Waals surface area contributed by atoms with Gasteiger partial charge in [0.2, 0.25) is 0 Å². The summed E-state index contributed by atoms with van der Waals surface area (Å²) in [5.74, 6) is -0.299. The van der Waals surface area contributed by atoms with Gasteiger partial charge in [-0.3, -0.25) is 8.98 Å². The summed E-state index contributed by atoms with van der Waals surface area (Å²) in [5.41, 5.74) is -0.509. The Labute approximate surface area is 120 Å². The molecule has 2 unspecified atom stereocenters. The summed E-state index contributed by atoms with van der Waals surface area (Å²) in [6, 6.07) is 0. The molecule has 0 saturated carbocycles. The summed E-state index contributed by atoms with van der Waals surface area (Å²) in [5, 5.41) is 0. The van der Waals surface area contributed by atoms with E-state index in [0.717, 1.165) is 25.5 Å². The van der Waals surface area contributed by atoms with Crippen molar-refractivity contribution >= 4 is 16.1 Å². The highest BCUT2D eigenvalue weighted by Crippen LogP contribution is 2.23. The maximum atomic E-state index is 11.7. The standard InChI is InChI=1S/C13H24O6S/c1-13(2,3)19-12(14)8-10-6-5-7-11(18-10)9-17-20(4,15)16/h10-11H,5-9H2,1-4H3. The molecule has 1 heterocycles. The first-order valence-corrected chi connectivity index (χ1v) is 8.58. The Bertz CT molecular complexity index is 423. The Morgan fingerprint density at radius 2 is 1.85 bits per heavy atom. The molecule has 0 bridgehead atoms. The van der Waals surface area contributed by atoms with Gasteiger partial charge in [0.15, 0.2) is 0 Å². The van der Waals surface area contributed by atoms with Crippen LogP contribution in [0.5, 0.6) is 0 Å². The molecule has 0 aromatic rings. The zero-order valence-electron chi connectivity index (χ0n) is 12.5. The van der Waals surface area contributed by atoms with E-state index in [9.17, 15) is 13.2 Å². The largest absolute Gasteiger partial charge is 0.460 e. The smallest absolute Gasteiger partial charge is 0.308 e. The molecule has 1 rings (SSSR count). The van der Waals surface area contributed by atoms with E-state index in [1.165, 1.54) is 0 Å². The monoisotopic (exact) mass is 308 g/mol. The first kappa shape index (κ1) is 17.4. The molecule has 0 aromatic carbocycles. The van der Waals surface area contributed by atoms with Gasteiger partial charge in [-0.25, -0.2) is 0 Å². The predicted molar refractivity (Wildman–Crippen MR) is 73.8 cm³/mol. The Morgan fingerprint density at radius 1 is 1.25 bits per heavy atom. The second-order valence-electron chi connectivity index (χ2n) is 6.09. The lowest BCUT2D eigenvalue weighted by Crippen LogP contribution is -2.34. The van der Waals surface area contributed by atoms with Crippen molar-refractivity contribution in [1.82, 2.24) is 0 Å². The van der Waals surface area contributed by atoms with Crippen molar-refractivity contribution < 1.29 is 26.9 Å². The van der Waals surface area contributed by atoms with Crippen molar-refractivity contribution in [2.45, 2.75) is 64.3 Å². The third kappa shape index (κ3) is 7.81. The van der Waals surface area contributed by atoms with Crippen molar-refractivity contribution in [3.8, 4) is 0 Å². The third-order valence-electron chi connectivity index (χ3n) is 2.72. The van der Waals surface area contributed by atoms with Crippen LogP contribution in [0.3, 0.4) is 0 Å². The molecule has 6 nitrogen and oxygen atoms in total. The lowest BCUT2D eigenvalue weighted by atomic mass is 10.0. The molecule has 2 atom stereocenters. The highest BCUT2D eigenvalue weighted by molar-refractivity contribution is 7.85. The molecule has 0 spiro atoms. The van der Waals surface area contributed by atoms with E-state index in [1.807, 2.05) is 20.8 Å². The SMILES string of the molecule is CC(C)(C)OC(=O)CC1CCCC(COS(C)(=O)=O)O1. The van der Waals surface area contributed by atoms with Gasteiger partial charge in [0.1, 0.15) is 5.60 Å². The normalized spacial score (nSPS) is 24.4. The van der Waals surface area contributed by atoms with Crippen LogP contribution in [0.15, 0.2) is 0 Å². The van der Waals surface area contributed by atoms with Crippen molar-refractivity contribution in [1.29, 1.82) is 0 Å². The van der Waals surface area contributed by atoms with Crippen molar-refractivity contribution in [3.63, 3.8) is 0 Å². The minimum atomic E-state index is -3.46. The maximum Gasteiger partial charge on any atom is 0.308 e. The number of rotatable bonds is 5. The van der Waals surface area contributed by atoms with Crippen LogP contribution < -0.4 is 0 Å². The minimum Gasteiger partial charge on any atom is -0.460 e. The zero-order chi connectivity index (χ0) is 15.4. The molecule has 0 aromatic heterocycles. The second-order valence-corrected chi connectivity index (χ2v) is 7.73. The molecule has 1 saturated heterocycles. The summed E-state index contributed by atoms with van der Waals surface area (Å²) < 4.78 is 37.5.